The Morgan fingerprint density at radius 2 is 1.97 bits per heavy atom. The number of piperidine rings is 1. The van der Waals surface area contributed by atoms with Crippen molar-refractivity contribution in [2.45, 2.75) is 112 Å². The topological polar surface area (TPSA) is 95.1 Å². The molecular formula is C28H49BrN4O4. The van der Waals surface area contributed by atoms with Crippen molar-refractivity contribution in [2.75, 3.05) is 39.5 Å². The van der Waals surface area contributed by atoms with Gasteiger partial charge in [0.25, 0.3) is 0 Å². The molecule has 3 saturated carbocycles. The summed E-state index contributed by atoms with van der Waals surface area (Å²) in [5, 5.41) is 20.9. The minimum absolute atomic E-state index is 0.0854. The summed E-state index contributed by atoms with van der Waals surface area (Å²) in [5.41, 5.74) is 0. The van der Waals surface area contributed by atoms with Crippen molar-refractivity contribution in [2.24, 2.45) is 17.8 Å². The van der Waals surface area contributed by atoms with E-state index in [1.54, 1.807) is 0 Å². The molecule has 5 fully saturated rings. The molecule has 0 aromatic carbocycles. The predicted octanol–water partition coefficient (Wildman–Crippen LogP) is 2.38. The highest BCUT2D eigenvalue weighted by Gasteiger charge is 2.42. The number of likely N-dealkylation sites (tertiary alicyclic amines) is 1. The molecule has 8 unspecified atom stereocenters. The van der Waals surface area contributed by atoms with Crippen molar-refractivity contribution < 1.29 is 19.4 Å². The zero-order valence-electron chi connectivity index (χ0n) is 22.6. The van der Waals surface area contributed by atoms with E-state index in [1.807, 2.05) is 0 Å². The quantitative estimate of drug-likeness (QED) is 0.293. The molecule has 37 heavy (non-hydrogen) atoms. The molecule has 4 N–H and O–H groups in total. The summed E-state index contributed by atoms with van der Waals surface area (Å²) >= 11 is 3.99. The molecule has 3 aliphatic carbocycles. The largest absolute Gasteiger partial charge is 0.390 e. The van der Waals surface area contributed by atoms with Crippen molar-refractivity contribution in [3.8, 4) is 0 Å². The monoisotopic (exact) mass is 584 g/mol. The second kappa shape index (κ2) is 13.4. The van der Waals surface area contributed by atoms with Gasteiger partial charge in [0.1, 0.15) is 0 Å². The second-order valence-electron chi connectivity index (χ2n) is 12.5. The lowest BCUT2D eigenvalue weighted by atomic mass is 9.73. The predicted molar refractivity (Wildman–Crippen MR) is 148 cm³/mol. The van der Waals surface area contributed by atoms with Crippen molar-refractivity contribution >= 4 is 21.8 Å². The van der Waals surface area contributed by atoms with Crippen LogP contribution in [0.2, 0.25) is 0 Å². The lowest BCUT2D eigenvalue weighted by molar-refractivity contribution is -0.126. The average Bonchev–Trinajstić information content (AvgIpc) is 3.29. The van der Waals surface area contributed by atoms with Crippen LogP contribution >= 0.6 is 15.9 Å². The fourth-order valence-corrected chi connectivity index (χ4v) is 8.30. The van der Waals surface area contributed by atoms with Crippen LogP contribution in [0.25, 0.3) is 0 Å². The molecule has 9 heteroatoms. The van der Waals surface area contributed by atoms with Crippen LogP contribution in [-0.4, -0.2) is 96.7 Å². The van der Waals surface area contributed by atoms with Gasteiger partial charge in [0.15, 0.2) is 0 Å². The molecule has 5 rings (SSSR count). The summed E-state index contributed by atoms with van der Waals surface area (Å²) in [6, 6.07) is 1.50. The Morgan fingerprint density at radius 3 is 2.73 bits per heavy atom. The number of amides is 1. The number of halogens is 1. The van der Waals surface area contributed by atoms with E-state index in [0.717, 1.165) is 51.6 Å². The standard InChI is InChI=1S/C28H49BrN4O4/c1-18-26(37-17-31-18)16-36-25-9-8-20-14-33(11-10-24(20)27(25)29)15-23(34)13-30-28(35)19-4-2-7-22(12-19)32-21-5-3-6-21/h18-27,31-32,34H,2-17H2,1H3,(H,30,35)/t18?,19?,20?,22?,23-,24?,25?,26?,27?/m0/s1. The minimum atomic E-state index is -0.519. The number of hydrogen-bond donors (Lipinski definition) is 4. The van der Waals surface area contributed by atoms with Crippen molar-refractivity contribution in [3.63, 3.8) is 0 Å². The first-order valence-electron chi connectivity index (χ1n) is 15.0. The van der Waals surface area contributed by atoms with E-state index in [-0.39, 0.29) is 24.0 Å². The normalized spacial score (nSPS) is 40.1. The first kappa shape index (κ1) is 28.2. The van der Waals surface area contributed by atoms with E-state index >= 15 is 0 Å². The number of carbonyl (C=O) groups excluding carboxylic acids is 1. The average molecular weight is 586 g/mol. The number of rotatable bonds is 10. The Labute approximate surface area is 231 Å². The molecule has 212 valence electrons. The number of nitrogens with one attached hydrogen (secondary N) is 3. The van der Waals surface area contributed by atoms with Crippen molar-refractivity contribution in [1.29, 1.82) is 0 Å². The third-order valence-electron chi connectivity index (χ3n) is 9.80. The maximum Gasteiger partial charge on any atom is 0.223 e. The van der Waals surface area contributed by atoms with Gasteiger partial charge in [0.2, 0.25) is 5.91 Å². The number of fused-ring (bicyclic) bond motifs is 1. The van der Waals surface area contributed by atoms with E-state index in [2.05, 4.69) is 43.7 Å². The lowest BCUT2D eigenvalue weighted by Gasteiger charge is -2.46. The van der Waals surface area contributed by atoms with Crippen molar-refractivity contribution in [1.82, 2.24) is 20.9 Å². The van der Waals surface area contributed by atoms with Gasteiger partial charge in [-0.25, -0.2) is 0 Å². The van der Waals surface area contributed by atoms with E-state index in [1.165, 1.54) is 25.7 Å². The Bertz CT molecular complexity index is 743. The molecule has 2 heterocycles. The minimum Gasteiger partial charge on any atom is -0.390 e. The van der Waals surface area contributed by atoms with Crippen LogP contribution in [0.3, 0.4) is 0 Å². The molecule has 9 atom stereocenters. The zero-order chi connectivity index (χ0) is 25.8. The number of aliphatic hydroxyl groups excluding tert-OH is 1. The Kier molecular flexibility index (Phi) is 10.2. The number of hydrogen-bond acceptors (Lipinski definition) is 7. The van der Waals surface area contributed by atoms with Gasteiger partial charge >= 0.3 is 0 Å². The third kappa shape index (κ3) is 7.47. The first-order chi connectivity index (χ1) is 18.0. The van der Waals surface area contributed by atoms with Crippen LogP contribution < -0.4 is 16.0 Å². The Morgan fingerprint density at radius 1 is 1.16 bits per heavy atom. The zero-order valence-corrected chi connectivity index (χ0v) is 24.2. The third-order valence-corrected chi connectivity index (χ3v) is 11.1. The van der Waals surface area contributed by atoms with Crippen LogP contribution in [0.1, 0.15) is 71.1 Å². The van der Waals surface area contributed by atoms with Gasteiger partial charge in [-0.2, -0.15) is 0 Å². The summed E-state index contributed by atoms with van der Waals surface area (Å²) in [7, 11) is 0. The van der Waals surface area contributed by atoms with E-state index in [4.69, 9.17) is 9.47 Å². The van der Waals surface area contributed by atoms with Crippen LogP contribution in [0.4, 0.5) is 0 Å². The fourth-order valence-electron chi connectivity index (χ4n) is 7.19. The summed E-state index contributed by atoms with van der Waals surface area (Å²) in [6.45, 7) is 6.43. The maximum absolute atomic E-state index is 12.8. The van der Waals surface area contributed by atoms with Gasteiger partial charge < -0.3 is 30.1 Å². The number of alkyl halides is 1. The lowest BCUT2D eigenvalue weighted by Crippen LogP contribution is -2.52. The maximum atomic E-state index is 12.8. The van der Waals surface area contributed by atoms with Gasteiger partial charge in [0.05, 0.1) is 31.6 Å². The van der Waals surface area contributed by atoms with E-state index < -0.39 is 6.10 Å². The number of nitrogens with zero attached hydrogens (tertiary/aromatic N) is 1. The van der Waals surface area contributed by atoms with Gasteiger partial charge in [-0.1, -0.05) is 28.8 Å². The molecule has 0 aromatic rings. The molecule has 5 aliphatic rings. The molecule has 0 bridgehead atoms. The summed E-state index contributed by atoms with van der Waals surface area (Å²) in [4.78, 5) is 15.6. The van der Waals surface area contributed by atoms with Crippen LogP contribution in [0.5, 0.6) is 0 Å². The first-order valence-corrected chi connectivity index (χ1v) is 15.9. The fraction of sp³-hybridized carbons (Fsp3) is 0.964. The molecule has 0 spiro atoms. The Hall–Kier alpha value is -0.290. The highest BCUT2D eigenvalue weighted by atomic mass is 79.9. The number of aliphatic hydroxyl groups is 1. The molecule has 0 aromatic heterocycles. The van der Waals surface area contributed by atoms with Crippen LogP contribution in [0.15, 0.2) is 0 Å². The van der Waals surface area contributed by atoms with E-state index in [9.17, 15) is 9.90 Å². The van der Waals surface area contributed by atoms with Gasteiger partial charge in [-0.05, 0) is 76.7 Å². The number of ether oxygens (including phenoxy) is 2. The number of carbonyl (C=O) groups is 1. The summed E-state index contributed by atoms with van der Waals surface area (Å²) in [6.07, 6.45) is 11.3. The molecule has 2 saturated heterocycles. The molecule has 0 radical (unpaired) electrons. The van der Waals surface area contributed by atoms with Crippen LogP contribution in [0, 0.1) is 17.8 Å². The molecule has 8 nitrogen and oxygen atoms in total. The van der Waals surface area contributed by atoms with Gasteiger partial charge in [-0.15, -0.1) is 0 Å². The highest BCUT2D eigenvalue weighted by molar-refractivity contribution is 9.09. The summed E-state index contributed by atoms with van der Waals surface area (Å²) in [5.74, 6) is 1.46. The molecular weight excluding hydrogens is 536 g/mol. The Balaban J connectivity index is 0.993. The summed E-state index contributed by atoms with van der Waals surface area (Å²) < 4.78 is 12.1. The van der Waals surface area contributed by atoms with Gasteiger partial charge in [-0.3, -0.25) is 10.1 Å². The molecule has 1 amide bonds. The van der Waals surface area contributed by atoms with E-state index in [0.29, 0.717) is 61.2 Å². The second-order valence-corrected chi connectivity index (χ2v) is 13.5. The SMILES string of the molecule is CC1NCOC1COC1CCC2CN(C[C@@H](O)CNC(=O)C3CCCC(NC4CCC4)C3)CCC2C1Br. The molecule has 2 aliphatic heterocycles. The van der Waals surface area contributed by atoms with Crippen molar-refractivity contribution in [3.05, 3.63) is 0 Å². The smallest absolute Gasteiger partial charge is 0.223 e. The van der Waals surface area contributed by atoms with Crippen LogP contribution in [-0.2, 0) is 14.3 Å². The van der Waals surface area contributed by atoms with Gasteiger partial charge in [0, 0.05) is 48.5 Å². The number of β-amino-alcohol motifs (C(OH)–C–C–N with tert-alkyl or cyclic N) is 1. The highest BCUT2D eigenvalue weighted by Crippen LogP contribution is 2.41.